The summed E-state index contributed by atoms with van der Waals surface area (Å²) in [4.78, 5) is 25.9. The minimum Gasteiger partial charge on any atom is -0.462 e. The molecule has 0 radical (unpaired) electrons. The summed E-state index contributed by atoms with van der Waals surface area (Å²) in [5, 5.41) is 11.8. The fraction of sp³-hybridized carbons (Fsp3) is 0.421. The Hall–Kier alpha value is -2.81. The molecule has 1 heterocycles. The Kier molecular flexibility index (Phi) is 6.58. The second-order valence-corrected chi connectivity index (χ2v) is 6.09. The van der Waals surface area contributed by atoms with Crippen LogP contribution in [0.15, 0.2) is 36.0 Å². The molecule has 0 atom stereocenters. The largest absolute Gasteiger partial charge is 0.462 e. The summed E-state index contributed by atoms with van der Waals surface area (Å²) in [6.45, 7) is 5.70. The van der Waals surface area contributed by atoms with Crippen molar-refractivity contribution in [2.45, 2.75) is 26.7 Å². The SMILES string of the molecule is CCOC(=O)/C(C#N)=C/Nc1ccc(C(=O)N2CCC(C)CC2)cc1. The predicted molar refractivity (Wildman–Crippen MR) is 94.7 cm³/mol. The summed E-state index contributed by atoms with van der Waals surface area (Å²) in [5.74, 6) is 0.0537. The molecular weight excluding hydrogens is 318 g/mol. The lowest BCUT2D eigenvalue weighted by molar-refractivity contribution is -0.138. The van der Waals surface area contributed by atoms with Gasteiger partial charge in [-0.2, -0.15) is 5.26 Å². The maximum absolute atomic E-state index is 12.5. The van der Waals surface area contributed by atoms with E-state index in [0.717, 1.165) is 25.9 Å². The van der Waals surface area contributed by atoms with Crippen molar-refractivity contribution in [2.24, 2.45) is 5.92 Å². The van der Waals surface area contributed by atoms with Crippen molar-refractivity contribution in [3.63, 3.8) is 0 Å². The Morgan fingerprint density at radius 3 is 2.52 bits per heavy atom. The van der Waals surface area contributed by atoms with Gasteiger partial charge in [-0.1, -0.05) is 6.92 Å². The van der Waals surface area contributed by atoms with Crippen LogP contribution in [-0.4, -0.2) is 36.5 Å². The van der Waals surface area contributed by atoms with Gasteiger partial charge in [0.05, 0.1) is 6.61 Å². The number of hydrogen-bond donors (Lipinski definition) is 1. The molecule has 0 aromatic heterocycles. The number of nitrogens with zero attached hydrogens (tertiary/aromatic N) is 2. The zero-order chi connectivity index (χ0) is 18.2. The summed E-state index contributed by atoms with van der Waals surface area (Å²) in [7, 11) is 0. The van der Waals surface area contributed by atoms with Crippen LogP contribution >= 0.6 is 0 Å². The molecule has 0 bridgehead atoms. The molecule has 1 N–H and O–H groups in total. The van der Waals surface area contributed by atoms with Gasteiger partial charge in [0.15, 0.2) is 5.57 Å². The third kappa shape index (κ3) is 5.08. The highest BCUT2D eigenvalue weighted by molar-refractivity contribution is 5.95. The van der Waals surface area contributed by atoms with Crippen LogP contribution in [0.4, 0.5) is 5.69 Å². The molecule has 132 valence electrons. The molecule has 1 amide bonds. The van der Waals surface area contributed by atoms with E-state index in [1.54, 1.807) is 37.3 Å². The average molecular weight is 341 g/mol. The van der Waals surface area contributed by atoms with Crippen molar-refractivity contribution in [3.05, 3.63) is 41.6 Å². The summed E-state index contributed by atoms with van der Waals surface area (Å²) in [5.41, 5.74) is 1.21. The maximum Gasteiger partial charge on any atom is 0.350 e. The van der Waals surface area contributed by atoms with Crippen LogP contribution in [0.3, 0.4) is 0 Å². The number of esters is 1. The van der Waals surface area contributed by atoms with E-state index in [4.69, 9.17) is 10.00 Å². The quantitative estimate of drug-likeness (QED) is 0.506. The number of piperidine rings is 1. The monoisotopic (exact) mass is 341 g/mol. The lowest BCUT2D eigenvalue weighted by Gasteiger charge is -2.30. The van der Waals surface area contributed by atoms with Crippen LogP contribution < -0.4 is 5.32 Å². The van der Waals surface area contributed by atoms with Gasteiger partial charge >= 0.3 is 5.97 Å². The number of anilines is 1. The summed E-state index contributed by atoms with van der Waals surface area (Å²) in [6, 6.07) is 8.78. The average Bonchev–Trinajstić information content (AvgIpc) is 2.63. The number of nitriles is 1. The minimum absolute atomic E-state index is 0.0400. The highest BCUT2D eigenvalue weighted by Crippen LogP contribution is 2.19. The number of benzene rings is 1. The molecule has 0 saturated carbocycles. The lowest BCUT2D eigenvalue weighted by atomic mass is 9.98. The molecule has 1 fully saturated rings. The number of hydrogen-bond acceptors (Lipinski definition) is 5. The summed E-state index contributed by atoms with van der Waals surface area (Å²) in [6.07, 6.45) is 3.39. The molecule has 1 aromatic carbocycles. The fourth-order valence-corrected chi connectivity index (χ4v) is 2.60. The molecule has 6 nitrogen and oxygen atoms in total. The number of amides is 1. The van der Waals surface area contributed by atoms with Gasteiger partial charge in [0.1, 0.15) is 6.07 Å². The van der Waals surface area contributed by atoms with Crippen molar-refractivity contribution in [2.75, 3.05) is 25.0 Å². The van der Waals surface area contributed by atoms with E-state index in [0.29, 0.717) is 17.2 Å². The van der Waals surface area contributed by atoms with E-state index >= 15 is 0 Å². The first-order valence-electron chi connectivity index (χ1n) is 8.48. The zero-order valence-corrected chi connectivity index (χ0v) is 14.6. The Balaban J connectivity index is 1.98. The lowest BCUT2D eigenvalue weighted by Crippen LogP contribution is -2.37. The third-order valence-electron chi connectivity index (χ3n) is 4.20. The van der Waals surface area contributed by atoms with Crippen LogP contribution in [0.25, 0.3) is 0 Å². The van der Waals surface area contributed by atoms with E-state index in [2.05, 4.69) is 12.2 Å². The van der Waals surface area contributed by atoms with Gasteiger partial charge < -0.3 is 15.0 Å². The number of rotatable bonds is 5. The van der Waals surface area contributed by atoms with E-state index in [1.165, 1.54) is 6.20 Å². The number of carbonyl (C=O) groups is 2. The molecule has 1 aromatic rings. The second-order valence-electron chi connectivity index (χ2n) is 6.09. The molecular formula is C19H23N3O3. The first-order chi connectivity index (χ1) is 12.0. The van der Waals surface area contributed by atoms with Crippen molar-refractivity contribution in [1.82, 2.24) is 4.90 Å². The van der Waals surface area contributed by atoms with E-state index in [-0.39, 0.29) is 18.1 Å². The highest BCUT2D eigenvalue weighted by atomic mass is 16.5. The molecule has 1 aliphatic heterocycles. The molecule has 2 rings (SSSR count). The number of carbonyl (C=O) groups excluding carboxylic acids is 2. The van der Waals surface area contributed by atoms with Crippen LogP contribution in [0, 0.1) is 17.2 Å². The molecule has 0 aliphatic carbocycles. The first-order valence-corrected chi connectivity index (χ1v) is 8.48. The Bertz CT molecular complexity index is 681. The van der Waals surface area contributed by atoms with Gasteiger partial charge in [-0.05, 0) is 49.9 Å². The molecule has 6 heteroatoms. The van der Waals surface area contributed by atoms with Crippen molar-refractivity contribution in [1.29, 1.82) is 5.26 Å². The highest BCUT2D eigenvalue weighted by Gasteiger charge is 2.21. The van der Waals surface area contributed by atoms with Gasteiger partial charge in [0, 0.05) is 30.5 Å². The summed E-state index contributed by atoms with van der Waals surface area (Å²) < 4.78 is 4.79. The minimum atomic E-state index is -0.663. The van der Waals surface area contributed by atoms with Crippen molar-refractivity contribution < 1.29 is 14.3 Å². The molecule has 0 spiro atoms. The van der Waals surface area contributed by atoms with E-state index < -0.39 is 5.97 Å². The fourth-order valence-electron chi connectivity index (χ4n) is 2.60. The first kappa shape index (κ1) is 18.5. The van der Waals surface area contributed by atoms with Gasteiger partial charge in [-0.15, -0.1) is 0 Å². The van der Waals surface area contributed by atoms with Gasteiger partial charge in [-0.3, -0.25) is 4.79 Å². The van der Waals surface area contributed by atoms with Crippen molar-refractivity contribution in [3.8, 4) is 6.07 Å². The standard InChI is InChI=1S/C19H23N3O3/c1-3-25-19(24)16(12-20)13-21-17-6-4-15(5-7-17)18(23)22-10-8-14(2)9-11-22/h4-7,13-14,21H,3,8-11H2,1-2H3/b16-13+. The number of ether oxygens (including phenoxy) is 1. The molecule has 0 unspecified atom stereocenters. The number of likely N-dealkylation sites (tertiary alicyclic amines) is 1. The van der Waals surface area contributed by atoms with Crippen LogP contribution in [-0.2, 0) is 9.53 Å². The van der Waals surface area contributed by atoms with Gasteiger partial charge in [0.2, 0.25) is 0 Å². The van der Waals surface area contributed by atoms with Crippen LogP contribution in [0.2, 0.25) is 0 Å². The van der Waals surface area contributed by atoms with E-state index in [9.17, 15) is 9.59 Å². The number of nitrogens with one attached hydrogen (secondary N) is 1. The molecule has 25 heavy (non-hydrogen) atoms. The Morgan fingerprint density at radius 2 is 1.96 bits per heavy atom. The van der Waals surface area contributed by atoms with Gasteiger partial charge in [-0.25, -0.2) is 4.79 Å². The van der Waals surface area contributed by atoms with Crippen LogP contribution in [0.1, 0.15) is 37.0 Å². The van der Waals surface area contributed by atoms with Gasteiger partial charge in [0.25, 0.3) is 5.91 Å². The second kappa shape index (κ2) is 8.88. The third-order valence-corrected chi connectivity index (χ3v) is 4.20. The van der Waals surface area contributed by atoms with Crippen molar-refractivity contribution >= 4 is 17.6 Å². The normalized spacial score (nSPS) is 15.4. The van der Waals surface area contributed by atoms with Crippen LogP contribution in [0.5, 0.6) is 0 Å². The Morgan fingerprint density at radius 1 is 1.32 bits per heavy atom. The predicted octanol–water partition coefficient (Wildman–Crippen LogP) is 2.94. The summed E-state index contributed by atoms with van der Waals surface area (Å²) >= 11 is 0. The van der Waals surface area contributed by atoms with E-state index in [1.807, 2.05) is 4.90 Å². The molecule has 1 aliphatic rings. The zero-order valence-electron chi connectivity index (χ0n) is 14.6. The Labute approximate surface area is 148 Å². The smallest absolute Gasteiger partial charge is 0.350 e. The topological polar surface area (TPSA) is 82.4 Å². The maximum atomic E-state index is 12.5. The molecule has 1 saturated heterocycles.